The molecule has 0 unspecified atom stereocenters. The van der Waals surface area contributed by atoms with Crippen molar-refractivity contribution in [2.45, 2.75) is 38.7 Å². The van der Waals surface area contributed by atoms with Gasteiger partial charge in [-0.05, 0) is 40.6 Å². The number of hydrogen-bond acceptors (Lipinski definition) is 4. The number of nitrogens with zero attached hydrogens (tertiary/aromatic N) is 3. The third-order valence-electron chi connectivity index (χ3n) is 3.05. The van der Waals surface area contributed by atoms with Crippen LogP contribution in [-0.4, -0.2) is 25.7 Å². The lowest BCUT2D eigenvalue weighted by Crippen LogP contribution is -2.01. The second-order valence-electron chi connectivity index (χ2n) is 4.49. The van der Waals surface area contributed by atoms with E-state index in [-0.39, 0.29) is 0 Å². The minimum Gasteiger partial charge on any atom is -0.388 e. The van der Waals surface area contributed by atoms with Crippen LogP contribution >= 0.6 is 15.9 Å². The molecule has 0 saturated carbocycles. The first-order chi connectivity index (χ1) is 9.22. The Balaban J connectivity index is 2.25. The molecule has 0 aliphatic heterocycles. The number of H-pyrrole nitrogens is 1. The van der Waals surface area contributed by atoms with Gasteiger partial charge in [0.25, 0.3) is 0 Å². The third-order valence-corrected chi connectivity index (χ3v) is 3.55. The van der Waals surface area contributed by atoms with Crippen molar-refractivity contribution in [2.24, 2.45) is 0 Å². The van der Waals surface area contributed by atoms with Crippen molar-refractivity contribution in [3.63, 3.8) is 0 Å². The van der Waals surface area contributed by atoms with Gasteiger partial charge in [0.05, 0.1) is 6.10 Å². The lowest BCUT2D eigenvalue weighted by atomic mass is 9.98. The molecule has 0 fully saturated rings. The highest BCUT2D eigenvalue weighted by Gasteiger charge is 2.16. The summed E-state index contributed by atoms with van der Waals surface area (Å²) >= 11 is 3.44. The number of tetrazole rings is 1. The molecule has 1 heterocycles. The molecule has 0 aliphatic rings. The van der Waals surface area contributed by atoms with Crippen LogP contribution in [0.25, 0.3) is 11.4 Å². The Morgan fingerprint density at radius 3 is 2.89 bits per heavy atom. The summed E-state index contributed by atoms with van der Waals surface area (Å²) in [6.45, 7) is 2.15. The van der Waals surface area contributed by atoms with E-state index >= 15 is 0 Å². The minimum absolute atomic E-state index is 0.496. The largest absolute Gasteiger partial charge is 0.388 e. The summed E-state index contributed by atoms with van der Waals surface area (Å²) < 4.78 is 0.938. The molecule has 19 heavy (non-hydrogen) atoms. The molecule has 5 nitrogen and oxygen atoms in total. The van der Waals surface area contributed by atoms with E-state index in [9.17, 15) is 5.11 Å². The van der Waals surface area contributed by atoms with Gasteiger partial charge in [-0.15, -0.1) is 5.10 Å². The summed E-state index contributed by atoms with van der Waals surface area (Å²) in [5.41, 5.74) is 1.70. The molecule has 0 radical (unpaired) electrons. The summed E-state index contributed by atoms with van der Waals surface area (Å²) in [5.74, 6) is 0.581. The summed E-state index contributed by atoms with van der Waals surface area (Å²) in [5, 5.41) is 24.2. The van der Waals surface area contributed by atoms with Gasteiger partial charge in [0.15, 0.2) is 5.82 Å². The molecule has 0 bridgehead atoms. The fraction of sp³-hybridized carbons (Fsp3) is 0.462. The topological polar surface area (TPSA) is 74.7 Å². The SMILES string of the molecule is CCCCC[C@@H](O)c1cc(Br)ccc1-c1nnn[nH]1. The Kier molecular flexibility index (Phi) is 5.04. The lowest BCUT2D eigenvalue weighted by molar-refractivity contribution is 0.164. The van der Waals surface area contributed by atoms with Crippen LogP contribution in [0.5, 0.6) is 0 Å². The average Bonchev–Trinajstić information content (AvgIpc) is 2.92. The van der Waals surface area contributed by atoms with Crippen molar-refractivity contribution in [1.29, 1.82) is 0 Å². The number of aromatic amines is 1. The summed E-state index contributed by atoms with van der Waals surface area (Å²) in [4.78, 5) is 0. The predicted molar refractivity (Wildman–Crippen MR) is 76.4 cm³/mol. The Labute approximate surface area is 120 Å². The first-order valence-electron chi connectivity index (χ1n) is 6.44. The van der Waals surface area contributed by atoms with Gasteiger partial charge in [-0.3, -0.25) is 0 Å². The van der Waals surface area contributed by atoms with Gasteiger partial charge in [0.2, 0.25) is 0 Å². The molecule has 0 saturated heterocycles. The van der Waals surface area contributed by atoms with Crippen molar-refractivity contribution in [1.82, 2.24) is 20.6 Å². The number of halogens is 1. The average molecular weight is 325 g/mol. The number of benzene rings is 1. The van der Waals surface area contributed by atoms with E-state index in [1.165, 1.54) is 0 Å². The Morgan fingerprint density at radius 2 is 2.21 bits per heavy atom. The maximum absolute atomic E-state index is 10.3. The molecule has 1 aromatic carbocycles. The molecule has 2 N–H and O–H groups in total. The van der Waals surface area contributed by atoms with E-state index in [1.807, 2.05) is 18.2 Å². The van der Waals surface area contributed by atoms with Gasteiger partial charge < -0.3 is 5.11 Å². The number of unbranched alkanes of at least 4 members (excludes halogenated alkanes) is 2. The molecule has 6 heteroatoms. The van der Waals surface area contributed by atoms with Gasteiger partial charge in [-0.25, -0.2) is 5.10 Å². The molecule has 102 valence electrons. The monoisotopic (exact) mass is 324 g/mol. The van der Waals surface area contributed by atoms with E-state index in [4.69, 9.17) is 0 Å². The van der Waals surface area contributed by atoms with E-state index < -0.39 is 6.10 Å². The van der Waals surface area contributed by atoms with Crippen molar-refractivity contribution < 1.29 is 5.11 Å². The lowest BCUT2D eigenvalue weighted by Gasteiger charge is -2.14. The highest BCUT2D eigenvalue weighted by Crippen LogP contribution is 2.31. The Bertz CT molecular complexity index is 515. The first kappa shape index (κ1) is 14.1. The van der Waals surface area contributed by atoms with Crippen LogP contribution in [-0.2, 0) is 0 Å². The van der Waals surface area contributed by atoms with Crippen LogP contribution in [0, 0.1) is 0 Å². The van der Waals surface area contributed by atoms with Crippen molar-refractivity contribution >= 4 is 15.9 Å². The summed E-state index contributed by atoms with van der Waals surface area (Å²) in [6.07, 6.45) is 3.54. The van der Waals surface area contributed by atoms with Crippen molar-refractivity contribution in [3.05, 3.63) is 28.2 Å². The van der Waals surface area contributed by atoms with Gasteiger partial charge >= 0.3 is 0 Å². The smallest absolute Gasteiger partial charge is 0.179 e. The molecule has 0 spiro atoms. The second kappa shape index (κ2) is 6.77. The second-order valence-corrected chi connectivity index (χ2v) is 5.41. The Morgan fingerprint density at radius 1 is 1.37 bits per heavy atom. The van der Waals surface area contributed by atoms with E-state index in [0.29, 0.717) is 5.82 Å². The summed E-state index contributed by atoms with van der Waals surface area (Å²) in [7, 11) is 0. The zero-order valence-electron chi connectivity index (χ0n) is 10.8. The molecule has 0 aliphatic carbocycles. The van der Waals surface area contributed by atoms with Gasteiger partial charge in [-0.1, -0.05) is 42.1 Å². The molecule has 2 rings (SSSR count). The minimum atomic E-state index is -0.496. The molecule has 2 aromatic rings. The molecular weight excluding hydrogens is 308 g/mol. The highest BCUT2D eigenvalue weighted by atomic mass is 79.9. The molecule has 1 aromatic heterocycles. The fourth-order valence-electron chi connectivity index (χ4n) is 2.04. The van der Waals surface area contributed by atoms with Crippen LogP contribution in [0.4, 0.5) is 0 Å². The zero-order valence-corrected chi connectivity index (χ0v) is 12.4. The highest BCUT2D eigenvalue weighted by molar-refractivity contribution is 9.10. The van der Waals surface area contributed by atoms with Gasteiger partial charge in [0, 0.05) is 10.0 Å². The fourth-order valence-corrected chi connectivity index (χ4v) is 2.42. The van der Waals surface area contributed by atoms with Gasteiger partial charge in [0.1, 0.15) is 0 Å². The van der Waals surface area contributed by atoms with Gasteiger partial charge in [-0.2, -0.15) is 0 Å². The zero-order chi connectivity index (χ0) is 13.7. The first-order valence-corrected chi connectivity index (χ1v) is 7.23. The van der Waals surface area contributed by atoms with E-state index in [0.717, 1.165) is 41.3 Å². The number of nitrogens with one attached hydrogen (secondary N) is 1. The normalized spacial score (nSPS) is 12.6. The van der Waals surface area contributed by atoms with Crippen LogP contribution in [0.2, 0.25) is 0 Å². The standard InChI is InChI=1S/C13H17BrN4O/c1-2-3-4-5-12(19)11-8-9(14)6-7-10(11)13-15-17-18-16-13/h6-8,12,19H,2-5H2,1H3,(H,15,16,17,18)/t12-/m1/s1. The molecule has 0 amide bonds. The third kappa shape index (κ3) is 3.61. The predicted octanol–water partition coefficient (Wildman–Crippen LogP) is 3.24. The Hall–Kier alpha value is -1.27. The number of hydrogen-bond donors (Lipinski definition) is 2. The van der Waals surface area contributed by atoms with Crippen LogP contribution < -0.4 is 0 Å². The number of aliphatic hydroxyl groups excluding tert-OH is 1. The number of aliphatic hydroxyl groups is 1. The molecule has 1 atom stereocenters. The van der Waals surface area contributed by atoms with Crippen LogP contribution in [0.3, 0.4) is 0 Å². The number of rotatable bonds is 6. The van der Waals surface area contributed by atoms with Crippen LogP contribution in [0.1, 0.15) is 44.3 Å². The quantitative estimate of drug-likeness (QED) is 0.800. The van der Waals surface area contributed by atoms with Crippen molar-refractivity contribution in [2.75, 3.05) is 0 Å². The summed E-state index contributed by atoms with van der Waals surface area (Å²) in [6, 6.07) is 5.75. The van der Waals surface area contributed by atoms with Crippen LogP contribution in [0.15, 0.2) is 22.7 Å². The van der Waals surface area contributed by atoms with Crippen molar-refractivity contribution in [3.8, 4) is 11.4 Å². The van der Waals surface area contributed by atoms with E-state index in [2.05, 4.69) is 43.5 Å². The molecular formula is C13H17BrN4O. The maximum atomic E-state index is 10.3. The maximum Gasteiger partial charge on any atom is 0.179 e. The van der Waals surface area contributed by atoms with E-state index in [1.54, 1.807) is 0 Å². The number of aromatic nitrogens is 4.